The van der Waals surface area contributed by atoms with Crippen LogP contribution < -0.4 is 10.1 Å². The van der Waals surface area contributed by atoms with Gasteiger partial charge in [-0.1, -0.05) is 32.0 Å². The number of ether oxygens (including phenoxy) is 1. The Hall–Kier alpha value is -2.23. The van der Waals surface area contributed by atoms with Crippen LogP contribution in [0.4, 0.5) is 0 Å². The summed E-state index contributed by atoms with van der Waals surface area (Å²) in [7, 11) is 0. The van der Waals surface area contributed by atoms with Gasteiger partial charge in [-0.15, -0.1) is 0 Å². The van der Waals surface area contributed by atoms with Gasteiger partial charge in [-0.05, 0) is 31.0 Å². The van der Waals surface area contributed by atoms with Gasteiger partial charge in [0.1, 0.15) is 11.4 Å². The second-order valence-corrected chi connectivity index (χ2v) is 5.74. The molecule has 22 heavy (non-hydrogen) atoms. The first-order chi connectivity index (χ1) is 10.7. The maximum atomic E-state index is 12.3. The Kier molecular flexibility index (Phi) is 3.92. The number of rotatable bonds is 4. The van der Waals surface area contributed by atoms with Gasteiger partial charge < -0.3 is 14.5 Å². The van der Waals surface area contributed by atoms with Gasteiger partial charge in [0.15, 0.2) is 5.76 Å². The van der Waals surface area contributed by atoms with Crippen molar-refractivity contribution >= 4 is 5.91 Å². The molecule has 1 aliphatic heterocycles. The largest absolute Gasteiger partial charge is 0.487 e. The van der Waals surface area contributed by atoms with Gasteiger partial charge in [-0.25, -0.2) is 0 Å². The fourth-order valence-corrected chi connectivity index (χ4v) is 3.07. The van der Waals surface area contributed by atoms with Crippen molar-refractivity contribution in [2.45, 2.75) is 44.8 Å². The fraction of sp³-hybridized carbons (Fsp3) is 0.389. The van der Waals surface area contributed by atoms with Crippen LogP contribution in [0.5, 0.6) is 5.75 Å². The maximum Gasteiger partial charge on any atom is 0.287 e. The summed E-state index contributed by atoms with van der Waals surface area (Å²) < 4.78 is 11.4. The predicted molar refractivity (Wildman–Crippen MR) is 83.9 cm³/mol. The summed E-state index contributed by atoms with van der Waals surface area (Å²) in [5.41, 5.74) is 0.801. The number of nitrogens with one attached hydrogen (secondary N) is 1. The molecular formula is C18H21NO3. The summed E-state index contributed by atoms with van der Waals surface area (Å²) >= 11 is 0. The predicted octanol–water partition coefficient (Wildman–Crippen LogP) is 4.09. The Bertz CT molecular complexity index is 644. The van der Waals surface area contributed by atoms with E-state index in [1.54, 1.807) is 12.1 Å². The van der Waals surface area contributed by atoms with Crippen LogP contribution in [0.1, 0.15) is 55.3 Å². The minimum Gasteiger partial charge on any atom is -0.487 e. The second kappa shape index (κ2) is 5.87. The summed E-state index contributed by atoms with van der Waals surface area (Å²) in [4.78, 5) is 12.3. The third-order valence-electron chi connectivity index (χ3n) is 4.54. The Labute approximate surface area is 130 Å². The van der Waals surface area contributed by atoms with Crippen molar-refractivity contribution in [3.05, 3.63) is 54.0 Å². The summed E-state index contributed by atoms with van der Waals surface area (Å²) in [6.45, 7) is 4.26. The Morgan fingerprint density at radius 1 is 1.23 bits per heavy atom. The number of hydrogen-bond acceptors (Lipinski definition) is 3. The van der Waals surface area contributed by atoms with Gasteiger partial charge in [-0.2, -0.15) is 0 Å². The molecule has 1 amide bonds. The zero-order valence-electron chi connectivity index (χ0n) is 13.0. The minimum atomic E-state index is -0.227. The second-order valence-electron chi connectivity index (χ2n) is 5.74. The molecule has 0 saturated carbocycles. The van der Waals surface area contributed by atoms with Gasteiger partial charge in [0, 0.05) is 12.0 Å². The first kappa shape index (κ1) is 14.7. The van der Waals surface area contributed by atoms with Gasteiger partial charge in [-0.3, -0.25) is 4.79 Å². The molecule has 4 heteroatoms. The molecule has 1 N–H and O–H groups in total. The van der Waals surface area contributed by atoms with E-state index in [4.69, 9.17) is 9.15 Å². The third-order valence-corrected chi connectivity index (χ3v) is 4.54. The standard InChI is InChI=1S/C18H21NO3/c1-3-18(4-2)12-14(13-8-5-6-9-15(13)22-18)19-17(20)16-10-7-11-21-16/h5-11,14H,3-4,12H2,1-2H3,(H,19,20)/t14-/m1/s1. The highest BCUT2D eigenvalue weighted by atomic mass is 16.5. The number of para-hydroxylation sites is 1. The Morgan fingerprint density at radius 2 is 2.00 bits per heavy atom. The van der Waals surface area contributed by atoms with Gasteiger partial charge >= 0.3 is 0 Å². The molecule has 116 valence electrons. The molecule has 0 unspecified atom stereocenters. The van der Waals surface area contributed by atoms with Crippen LogP contribution in [0, 0.1) is 0 Å². The van der Waals surface area contributed by atoms with E-state index in [1.165, 1.54) is 6.26 Å². The molecule has 1 atom stereocenters. The highest BCUT2D eigenvalue weighted by Crippen LogP contribution is 2.42. The van der Waals surface area contributed by atoms with E-state index in [0.717, 1.165) is 30.6 Å². The number of amides is 1. The summed E-state index contributed by atoms with van der Waals surface area (Å²) in [5.74, 6) is 1.01. The molecule has 0 radical (unpaired) electrons. The van der Waals surface area contributed by atoms with E-state index in [9.17, 15) is 4.79 Å². The average molecular weight is 299 g/mol. The highest BCUT2D eigenvalue weighted by Gasteiger charge is 2.39. The van der Waals surface area contributed by atoms with Crippen LogP contribution >= 0.6 is 0 Å². The lowest BCUT2D eigenvalue weighted by molar-refractivity contribution is 0.0225. The minimum absolute atomic E-state index is 0.0672. The molecule has 0 saturated heterocycles. The number of furan rings is 1. The molecule has 2 aromatic rings. The van der Waals surface area contributed by atoms with E-state index in [1.807, 2.05) is 24.3 Å². The van der Waals surface area contributed by atoms with E-state index in [2.05, 4.69) is 19.2 Å². The Balaban J connectivity index is 1.90. The van der Waals surface area contributed by atoms with Crippen LogP contribution in [0.15, 0.2) is 47.1 Å². The first-order valence-electron chi connectivity index (χ1n) is 7.80. The topological polar surface area (TPSA) is 51.5 Å². The lowest BCUT2D eigenvalue weighted by atomic mass is 9.83. The number of fused-ring (bicyclic) bond motifs is 1. The molecule has 4 nitrogen and oxygen atoms in total. The molecule has 1 aromatic carbocycles. The van der Waals surface area contributed by atoms with Crippen molar-refractivity contribution in [2.75, 3.05) is 0 Å². The molecular weight excluding hydrogens is 278 g/mol. The van der Waals surface area contributed by atoms with E-state index < -0.39 is 0 Å². The van der Waals surface area contributed by atoms with Crippen molar-refractivity contribution in [1.29, 1.82) is 0 Å². The van der Waals surface area contributed by atoms with Crippen molar-refractivity contribution in [2.24, 2.45) is 0 Å². The highest BCUT2D eigenvalue weighted by molar-refractivity contribution is 5.91. The van der Waals surface area contributed by atoms with E-state index in [-0.39, 0.29) is 17.6 Å². The molecule has 0 bridgehead atoms. The summed E-state index contributed by atoms with van der Waals surface area (Å²) in [6.07, 6.45) is 4.09. The molecule has 0 fully saturated rings. The normalized spacial score (nSPS) is 19.1. The van der Waals surface area contributed by atoms with Gasteiger partial charge in [0.05, 0.1) is 12.3 Å². The van der Waals surface area contributed by atoms with E-state index in [0.29, 0.717) is 5.76 Å². The number of carbonyl (C=O) groups is 1. The molecule has 1 aliphatic rings. The molecule has 1 aromatic heterocycles. The molecule has 0 aliphatic carbocycles. The maximum absolute atomic E-state index is 12.3. The van der Waals surface area contributed by atoms with E-state index >= 15 is 0 Å². The molecule has 3 rings (SSSR count). The number of hydrogen-bond donors (Lipinski definition) is 1. The number of carbonyl (C=O) groups excluding carboxylic acids is 1. The average Bonchev–Trinajstić information content (AvgIpc) is 3.09. The molecule has 0 spiro atoms. The van der Waals surface area contributed by atoms with Crippen molar-refractivity contribution in [3.63, 3.8) is 0 Å². The zero-order chi connectivity index (χ0) is 15.6. The van der Waals surface area contributed by atoms with Gasteiger partial charge in [0.2, 0.25) is 0 Å². The monoisotopic (exact) mass is 299 g/mol. The SMILES string of the molecule is CCC1(CC)C[C@@H](NC(=O)c2ccco2)c2ccccc2O1. The third kappa shape index (κ3) is 2.61. The summed E-state index contributed by atoms with van der Waals surface area (Å²) in [5, 5.41) is 3.09. The lowest BCUT2D eigenvalue weighted by Gasteiger charge is -2.41. The van der Waals surface area contributed by atoms with Crippen molar-refractivity contribution in [3.8, 4) is 5.75 Å². The molecule has 2 heterocycles. The Morgan fingerprint density at radius 3 is 2.68 bits per heavy atom. The van der Waals surface area contributed by atoms with Crippen LogP contribution in [0.2, 0.25) is 0 Å². The van der Waals surface area contributed by atoms with Crippen LogP contribution in [0.25, 0.3) is 0 Å². The van der Waals surface area contributed by atoms with Crippen molar-refractivity contribution < 1.29 is 13.9 Å². The quantitative estimate of drug-likeness (QED) is 0.925. The van der Waals surface area contributed by atoms with Gasteiger partial charge in [0.25, 0.3) is 5.91 Å². The van der Waals surface area contributed by atoms with Crippen LogP contribution in [-0.2, 0) is 0 Å². The zero-order valence-corrected chi connectivity index (χ0v) is 13.0. The number of benzene rings is 1. The van der Waals surface area contributed by atoms with Crippen molar-refractivity contribution in [1.82, 2.24) is 5.32 Å². The first-order valence-corrected chi connectivity index (χ1v) is 7.80. The van der Waals surface area contributed by atoms with Crippen LogP contribution in [0.3, 0.4) is 0 Å². The summed E-state index contributed by atoms with van der Waals surface area (Å²) in [6, 6.07) is 11.2. The van der Waals surface area contributed by atoms with Crippen LogP contribution in [-0.4, -0.2) is 11.5 Å². The lowest BCUT2D eigenvalue weighted by Crippen LogP contribution is -2.44. The fourth-order valence-electron chi connectivity index (χ4n) is 3.07. The smallest absolute Gasteiger partial charge is 0.287 e.